The zero-order chi connectivity index (χ0) is 18.8. The summed E-state index contributed by atoms with van der Waals surface area (Å²) in [6.07, 6.45) is 1.42. The number of carbonyl (C=O) groups excluding carboxylic acids is 1. The molecule has 0 radical (unpaired) electrons. The molecule has 0 saturated carbocycles. The van der Waals surface area contributed by atoms with E-state index in [1.54, 1.807) is 25.3 Å². The van der Waals surface area contributed by atoms with Crippen LogP contribution in [0.5, 0.6) is 11.5 Å². The monoisotopic (exact) mass is 358 g/mol. The number of benzene rings is 2. The van der Waals surface area contributed by atoms with Gasteiger partial charge in [0, 0.05) is 25.9 Å². The van der Waals surface area contributed by atoms with Crippen LogP contribution in [0.25, 0.3) is 5.57 Å². The van der Waals surface area contributed by atoms with Gasteiger partial charge in [-0.2, -0.15) is 0 Å². The molecule has 26 heavy (non-hydrogen) atoms. The summed E-state index contributed by atoms with van der Waals surface area (Å²) in [5.74, 6) is 0.665. The third-order valence-electron chi connectivity index (χ3n) is 3.47. The Labute approximate surface area is 152 Å². The summed E-state index contributed by atoms with van der Waals surface area (Å²) in [7, 11) is 4.42. The summed E-state index contributed by atoms with van der Waals surface area (Å²) in [4.78, 5) is 11.9. The van der Waals surface area contributed by atoms with Crippen molar-refractivity contribution in [3.05, 3.63) is 65.7 Å². The molecule has 6 heteroatoms. The molecule has 0 N–H and O–H groups in total. The Kier molecular flexibility index (Phi) is 7.67. The number of ether oxygens (including phenoxy) is 5. The number of esters is 1. The molecule has 0 aliphatic heterocycles. The normalized spacial score (nSPS) is 11.1. The third-order valence-corrected chi connectivity index (χ3v) is 3.47. The highest BCUT2D eigenvalue weighted by atomic mass is 16.7. The number of hydrogen-bond donors (Lipinski definition) is 0. The standard InChI is InChI=1S/C20H22O6/c1-22-13-25-16-9-10-19(26-14-23-2)18(11-16)17(12-20(21)24-3)15-7-5-4-6-8-15/h4-12H,13-14H2,1-3H3. The highest BCUT2D eigenvalue weighted by Gasteiger charge is 2.15. The van der Waals surface area contributed by atoms with E-state index in [0.29, 0.717) is 22.6 Å². The van der Waals surface area contributed by atoms with Crippen molar-refractivity contribution < 1.29 is 28.5 Å². The molecule has 0 unspecified atom stereocenters. The van der Waals surface area contributed by atoms with Crippen LogP contribution in [0.1, 0.15) is 11.1 Å². The van der Waals surface area contributed by atoms with Crippen molar-refractivity contribution in [2.24, 2.45) is 0 Å². The van der Waals surface area contributed by atoms with E-state index in [0.717, 1.165) is 5.56 Å². The first-order valence-electron chi connectivity index (χ1n) is 7.92. The molecule has 0 fully saturated rings. The van der Waals surface area contributed by atoms with Crippen molar-refractivity contribution in [1.82, 2.24) is 0 Å². The summed E-state index contributed by atoms with van der Waals surface area (Å²) >= 11 is 0. The smallest absolute Gasteiger partial charge is 0.331 e. The number of methoxy groups -OCH3 is 3. The van der Waals surface area contributed by atoms with E-state index in [1.807, 2.05) is 30.3 Å². The molecule has 0 atom stereocenters. The van der Waals surface area contributed by atoms with Gasteiger partial charge in [0.1, 0.15) is 11.5 Å². The summed E-state index contributed by atoms with van der Waals surface area (Å²) < 4.78 is 25.9. The number of hydrogen-bond acceptors (Lipinski definition) is 6. The lowest BCUT2D eigenvalue weighted by Gasteiger charge is -2.16. The highest BCUT2D eigenvalue weighted by molar-refractivity contribution is 5.97. The molecule has 2 aromatic carbocycles. The van der Waals surface area contributed by atoms with Gasteiger partial charge in [0.2, 0.25) is 0 Å². The van der Waals surface area contributed by atoms with E-state index in [9.17, 15) is 4.79 Å². The number of carbonyl (C=O) groups is 1. The van der Waals surface area contributed by atoms with Gasteiger partial charge in [-0.3, -0.25) is 0 Å². The van der Waals surface area contributed by atoms with Gasteiger partial charge in [0.25, 0.3) is 0 Å². The predicted molar refractivity (Wildman–Crippen MR) is 97.0 cm³/mol. The van der Waals surface area contributed by atoms with Gasteiger partial charge in [-0.05, 0) is 29.3 Å². The van der Waals surface area contributed by atoms with Gasteiger partial charge in [-0.25, -0.2) is 4.79 Å². The minimum Gasteiger partial charge on any atom is -0.468 e. The lowest BCUT2D eigenvalue weighted by atomic mass is 9.96. The molecule has 0 saturated heterocycles. The summed E-state index contributed by atoms with van der Waals surface area (Å²) in [5, 5.41) is 0. The van der Waals surface area contributed by atoms with Crippen LogP contribution in [0.4, 0.5) is 0 Å². The Balaban J connectivity index is 2.55. The van der Waals surface area contributed by atoms with Crippen LogP contribution >= 0.6 is 0 Å². The SMILES string of the molecule is COCOc1ccc(OCOC)c(C(=CC(=O)OC)c2ccccc2)c1. The first-order valence-corrected chi connectivity index (χ1v) is 7.92. The van der Waals surface area contributed by atoms with Gasteiger partial charge < -0.3 is 23.7 Å². The van der Waals surface area contributed by atoms with Crippen molar-refractivity contribution in [2.45, 2.75) is 0 Å². The fourth-order valence-corrected chi connectivity index (χ4v) is 2.30. The lowest BCUT2D eigenvalue weighted by molar-refractivity contribution is -0.134. The van der Waals surface area contributed by atoms with E-state index >= 15 is 0 Å². The van der Waals surface area contributed by atoms with Gasteiger partial charge in [-0.1, -0.05) is 30.3 Å². The molecule has 0 aliphatic rings. The zero-order valence-corrected chi connectivity index (χ0v) is 15.1. The average Bonchev–Trinajstić information content (AvgIpc) is 2.69. The summed E-state index contributed by atoms with van der Waals surface area (Å²) in [5.41, 5.74) is 2.16. The van der Waals surface area contributed by atoms with Crippen LogP contribution < -0.4 is 9.47 Å². The Morgan fingerprint density at radius 2 is 1.62 bits per heavy atom. The number of rotatable bonds is 9. The predicted octanol–water partition coefficient (Wildman–Crippen LogP) is 3.26. The third kappa shape index (κ3) is 5.34. The largest absolute Gasteiger partial charge is 0.468 e. The molecule has 0 spiro atoms. The van der Waals surface area contributed by atoms with E-state index in [2.05, 4.69) is 0 Å². The van der Waals surface area contributed by atoms with Crippen LogP contribution in [-0.4, -0.2) is 40.9 Å². The van der Waals surface area contributed by atoms with Crippen molar-refractivity contribution >= 4 is 11.5 Å². The molecular formula is C20H22O6. The topological polar surface area (TPSA) is 63.2 Å². The van der Waals surface area contributed by atoms with Crippen molar-refractivity contribution in [2.75, 3.05) is 34.9 Å². The molecule has 0 heterocycles. The van der Waals surface area contributed by atoms with Crippen molar-refractivity contribution in [3.63, 3.8) is 0 Å². The van der Waals surface area contributed by atoms with Crippen LogP contribution in [0.3, 0.4) is 0 Å². The Hall–Kier alpha value is -2.83. The maximum atomic E-state index is 11.9. The van der Waals surface area contributed by atoms with Crippen LogP contribution in [0.15, 0.2) is 54.6 Å². The summed E-state index contributed by atoms with van der Waals surface area (Å²) in [6, 6.07) is 14.8. The maximum absolute atomic E-state index is 11.9. The van der Waals surface area contributed by atoms with E-state index in [4.69, 9.17) is 23.7 Å². The molecule has 0 aliphatic carbocycles. The minimum atomic E-state index is -0.468. The van der Waals surface area contributed by atoms with Gasteiger partial charge in [0.05, 0.1) is 7.11 Å². The highest BCUT2D eigenvalue weighted by Crippen LogP contribution is 2.34. The molecular weight excluding hydrogens is 336 g/mol. The second-order valence-electron chi connectivity index (χ2n) is 5.21. The van der Waals surface area contributed by atoms with Crippen molar-refractivity contribution in [1.29, 1.82) is 0 Å². The molecule has 0 bridgehead atoms. The second kappa shape index (κ2) is 10.2. The van der Waals surface area contributed by atoms with E-state index in [-0.39, 0.29) is 13.6 Å². The first-order chi connectivity index (χ1) is 12.7. The summed E-state index contributed by atoms with van der Waals surface area (Å²) in [6.45, 7) is 0.185. The fraction of sp³-hybridized carbons (Fsp3) is 0.250. The Morgan fingerprint density at radius 1 is 0.923 bits per heavy atom. The van der Waals surface area contributed by atoms with Crippen LogP contribution in [0, 0.1) is 0 Å². The zero-order valence-electron chi connectivity index (χ0n) is 15.1. The Bertz CT molecular complexity index is 739. The average molecular weight is 358 g/mol. The Morgan fingerprint density at radius 3 is 2.27 bits per heavy atom. The van der Waals surface area contributed by atoms with E-state index in [1.165, 1.54) is 20.3 Å². The van der Waals surface area contributed by atoms with Crippen LogP contribution in [-0.2, 0) is 19.0 Å². The van der Waals surface area contributed by atoms with Gasteiger partial charge >= 0.3 is 5.97 Å². The molecule has 138 valence electrons. The van der Waals surface area contributed by atoms with Crippen LogP contribution in [0.2, 0.25) is 0 Å². The second-order valence-corrected chi connectivity index (χ2v) is 5.21. The fourth-order valence-electron chi connectivity index (χ4n) is 2.30. The van der Waals surface area contributed by atoms with Gasteiger partial charge in [-0.15, -0.1) is 0 Å². The molecule has 2 rings (SSSR count). The lowest BCUT2D eigenvalue weighted by Crippen LogP contribution is -2.05. The first kappa shape index (κ1) is 19.5. The molecule has 2 aromatic rings. The van der Waals surface area contributed by atoms with Gasteiger partial charge in [0.15, 0.2) is 13.6 Å². The minimum absolute atomic E-state index is 0.0750. The maximum Gasteiger partial charge on any atom is 0.331 e. The molecule has 0 aromatic heterocycles. The van der Waals surface area contributed by atoms with E-state index < -0.39 is 5.97 Å². The van der Waals surface area contributed by atoms with Crippen molar-refractivity contribution in [3.8, 4) is 11.5 Å². The molecule has 6 nitrogen and oxygen atoms in total. The quantitative estimate of drug-likeness (QED) is 0.389. The molecule has 0 amide bonds.